The highest BCUT2D eigenvalue weighted by molar-refractivity contribution is 5.73. The van der Waals surface area contributed by atoms with Crippen molar-refractivity contribution >= 4 is 11.1 Å². The highest BCUT2D eigenvalue weighted by atomic mass is 16.4. The smallest absolute Gasteiger partial charge is 0.226 e. The van der Waals surface area contributed by atoms with Gasteiger partial charge in [0.2, 0.25) is 5.89 Å². The van der Waals surface area contributed by atoms with Crippen LogP contribution in [-0.4, -0.2) is 4.98 Å². The number of nitrogens with zero attached hydrogens (tertiary/aromatic N) is 1. The largest absolute Gasteiger partial charge is 0.436 e. The Bertz CT molecular complexity index is 554. The maximum Gasteiger partial charge on any atom is 0.226 e. The van der Waals surface area contributed by atoms with E-state index in [-0.39, 0.29) is 0 Å². The van der Waals surface area contributed by atoms with Crippen LogP contribution in [0.2, 0.25) is 0 Å². The predicted molar refractivity (Wildman–Crippen MR) is 82.5 cm³/mol. The molecule has 0 fully saturated rings. The van der Waals surface area contributed by atoms with Crippen LogP contribution in [0.25, 0.3) is 11.1 Å². The number of rotatable bonds is 6. The minimum atomic E-state index is 0.564. The van der Waals surface area contributed by atoms with Crippen molar-refractivity contribution in [2.75, 3.05) is 0 Å². The lowest BCUT2D eigenvalue weighted by molar-refractivity contribution is 0.531. The maximum atomic E-state index is 5.75. The Morgan fingerprint density at radius 1 is 1.21 bits per heavy atom. The van der Waals surface area contributed by atoms with Crippen molar-refractivity contribution in [3.8, 4) is 0 Å². The first-order valence-electron chi connectivity index (χ1n) is 6.14. The molecule has 19 heavy (non-hydrogen) atoms. The van der Waals surface area contributed by atoms with Crippen molar-refractivity contribution in [2.45, 2.75) is 13.8 Å². The van der Waals surface area contributed by atoms with Gasteiger partial charge in [0.15, 0.2) is 5.76 Å². The lowest BCUT2D eigenvalue weighted by atomic mass is 10.2. The first-order valence-corrected chi connectivity index (χ1v) is 6.14. The second-order valence-corrected chi connectivity index (χ2v) is 3.72. The van der Waals surface area contributed by atoms with Crippen LogP contribution in [-0.2, 0) is 0 Å². The Balaban J connectivity index is 3.08. The van der Waals surface area contributed by atoms with Crippen LogP contribution in [0, 0.1) is 0 Å². The zero-order valence-corrected chi connectivity index (χ0v) is 11.5. The summed E-state index contributed by atoms with van der Waals surface area (Å²) >= 11 is 0. The van der Waals surface area contributed by atoms with Crippen LogP contribution in [0.3, 0.4) is 0 Å². The topological polar surface area (TPSA) is 26.0 Å². The molecule has 0 amide bonds. The van der Waals surface area contributed by atoms with Crippen molar-refractivity contribution in [3.05, 3.63) is 79.6 Å². The molecule has 1 rings (SSSR count). The summed E-state index contributed by atoms with van der Waals surface area (Å²) in [5, 5.41) is 0. The fourth-order valence-electron chi connectivity index (χ4n) is 1.46. The lowest BCUT2D eigenvalue weighted by Gasteiger charge is -1.96. The van der Waals surface area contributed by atoms with Gasteiger partial charge in [-0.2, -0.15) is 0 Å². The molecule has 1 heterocycles. The van der Waals surface area contributed by atoms with Crippen LogP contribution >= 0.6 is 0 Å². The van der Waals surface area contributed by atoms with Crippen LogP contribution in [0.1, 0.15) is 25.5 Å². The number of aromatic nitrogens is 1. The Morgan fingerprint density at radius 3 is 2.58 bits per heavy atom. The standard InChI is InChI=1S/C17H19NO/c1-5-9-11-14(7-3)16-13-18-17(19-16)15(8-4)12-10-6-2/h5-13H,1,4H2,2-3H3/b10-6-,11-9-,14-7+,15-12+. The molecule has 0 bridgehead atoms. The highest BCUT2D eigenvalue weighted by Gasteiger charge is 2.08. The molecule has 0 saturated heterocycles. The number of hydrogen-bond acceptors (Lipinski definition) is 2. The first-order chi connectivity index (χ1) is 9.26. The van der Waals surface area contributed by atoms with Gasteiger partial charge in [-0.15, -0.1) is 0 Å². The summed E-state index contributed by atoms with van der Waals surface area (Å²) in [6.45, 7) is 11.3. The van der Waals surface area contributed by atoms with Gasteiger partial charge in [0, 0.05) is 11.1 Å². The molecule has 0 radical (unpaired) electrons. The Hall–Kier alpha value is -2.35. The maximum absolute atomic E-state index is 5.75. The third-order valence-corrected chi connectivity index (χ3v) is 2.45. The van der Waals surface area contributed by atoms with E-state index in [1.165, 1.54) is 0 Å². The predicted octanol–water partition coefficient (Wildman–Crippen LogP) is 4.97. The third kappa shape index (κ3) is 4.11. The molecule has 98 valence electrons. The molecule has 0 aliphatic rings. The van der Waals surface area contributed by atoms with Gasteiger partial charge in [0.1, 0.15) is 0 Å². The second kappa shape index (κ2) is 7.88. The molecule has 2 heteroatoms. The minimum Gasteiger partial charge on any atom is -0.436 e. The molecular formula is C17H19NO. The summed E-state index contributed by atoms with van der Waals surface area (Å²) in [5.41, 5.74) is 1.82. The van der Waals surface area contributed by atoms with Gasteiger partial charge < -0.3 is 4.42 Å². The number of allylic oxidation sites excluding steroid dienone is 10. The molecular weight excluding hydrogens is 234 g/mol. The normalized spacial score (nSPS) is 13.4. The zero-order chi connectivity index (χ0) is 14.1. The average Bonchev–Trinajstić information content (AvgIpc) is 2.90. The fourth-order valence-corrected chi connectivity index (χ4v) is 1.46. The van der Waals surface area contributed by atoms with Crippen molar-refractivity contribution in [3.63, 3.8) is 0 Å². The van der Waals surface area contributed by atoms with Gasteiger partial charge in [-0.25, -0.2) is 4.98 Å². The van der Waals surface area contributed by atoms with E-state index in [1.54, 1.807) is 18.3 Å². The molecule has 0 N–H and O–H groups in total. The van der Waals surface area contributed by atoms with E-state index in [1.807, 2.05) is 50.3 Å². The third-order valence-electron chi connectivity index (χ3n) is 2.45. The highest BCUT2D eigenvalue weighted by Crippen LogP contribution is 2.22. The summed E-state index contributed by atoms with van der Waals surface area (Å²) in [7, 11) is 0. The molecule has 0 spiro atoms. The van der Waals surface area contributed by atoms with Gasteiger partial charge in [0.05, 0.1) is 6.20 Å². The van der Waals surface area contributed by atoms with E-state index in [4.69, 9.17) is 4.42 Å². The number of oxazole rings is 1. The zero-order valence-electron chi connectivity index (χ0n) is 11.5. The molecule has 0 atom stereocenters. The SMILES string of the molecule is C=C/C=C\C(=C/C)c1cnc(/C(C=C)=C/C=C\C)o1. The van der Waals surface area contributed by atoms with E-state index in [0.29, 0.717) is 5.89 Å². The number of hydrogen-bond donors (Lipinski definition) is 0. The average molecular weight is 253 g/mol. The van der Waals surface area contributed by atoms with Crippen molar-refractivity contribution in [1.82, 2.24) is 4.98 Å². The van der Waals surface area contributed by atoms with E-state index >= 15 is 0 Å². The summed E-state index contributed by atoms with van der Waals surface area (Å²) in [4.78, 5) is 4.28. The van der Waals surface area contributed by atoms with E-state index in [2.05, 4.69) is 18.1 Å². The van der Waals surface area contributed by atoms with E-state index < -0.39 is 0 Å². The van der Waals surface area contributed by atoms with Gasteiger partial charge in [-0.1, -0.05) is 55.7 Å². The lowest BCUT2D eigenvalue weighted by Crippen LogP contribution is -1.78. The van der Waals surface area contributed by atoms with Crippen molar-refractivity contribution in [2.24, 2.45) is 0 Å². The van der Waals surface area contributed by atoms with Crippen molar-refractivity contribution < 1.29 is 4.42 Å². The monoisotopic (exact) mass is 253 g/mol. The van der Waals surface area contributed by atoms with E-state index in [9.17, 15) is 0 Å². The summed E-state index contributed by atoms with van der Waals surface area (Å²) in [6, 6.07) is 0. The van der Waals surface area contributed by atoms with Crippen LogP contribution < -0.4 is 0 Å². The molecule has 2 nitrogen and oxygen atoms in total. The molecule has 1 aromatic heterocycles. The quantitative estimate of drug-likeness (QED) is 0.669. The Morgan fingerprint density at radius 2 is 2.00 bits per heavy atom. The first kappa shape index (κ1) is 14.7. The molecule has 0 unspecified atom stereocenters. The Labute approximate surface area is 114 Å². The molecule has 0 aromatic carbocycles. The second-order valence-electron chi connectivity index (χ2n) is 3.72. The molecule has 0 saturated carbocycles. The van der Waals surface area contributed by atoms with E-state index in [0.717, 1.165) is 16.9 Å². The minimum absolute atomic E-state index is 0.564. The molecule has 0 aliphatic heterocycles. The van der Waals surface area contributed by atoms with Gasteiger partial charge in [-0.3, -0.25) is 0 Å². The van der Waals surface area contributed by atoms with Gasteiger partial charge in [-0.05, 0) is 19.9 Å². The molecule has 0 aliphatic carbocycles. The summed E-state index contributed by atoms with van der Waals surface area (Å²) in [5.74, 6) is 1.29. The van der Waals surface area contributed by atoms with Crippen LogP contribution in [0.4, 0.5) is 0 Å². The fraction of sp³-hybridized carbons (Fsp3) is 0.118. The molecule has 1 aromatic rings. The Kier molecular flexibility index (Phi) is 6.10. The summed E-state index contributed by atoms with van der Waals surface area (Å²) in [6.07, 6.45) is 16.7. The van der Waals surface area contributed by atoms with Crippen molar-refractivity contribution in [1.29, 1.82) is 0 Å². The van der Waals surface area contributed by atoms with Gasteiger partial charge >= 0.3 is 0 Å². The van der Waals surface area contributed by atoms with Gasteiger partial charge in [0.25, 0.3) is 0 Å². The van der Waals surface area contributed by atoms with Crippen LogP contribution in [0.5, 0.6) is 0 Å². The summed E-state index contributed by atoms with van der Waals surface area (Å²) < 4.78 is 5.75. The van der Waals surface area contributed by atoms with Crippen LogP contribution in [0.15, 0.2) is 72.4 Å².